The van der Waals surface area contributed by atoms with Crippen molar-refractivity contribution in [2.75, 3.05) is 6.67 Å². The highest BCUT2D eigenvalue weighted by Crippen LogP contribution is 2.25. The lowest BCUT2D eigenvalue weighted by molar-refractivity contribution is 0.503. The molecule has 0 amide bonds. The molecule has 0 fully saturated rings. The average Bonchev–Trinajstić information content (AvgIpc) is 1.35. The maximum Gasteiger partial charge on any atom is 0.218 e. The fraction of sp³-hybridized carbons (Fsp3) is 1.00. The Kier molecular flexibility index (Phi) is 5.76. The van der Waals surface area contributed by atoms with Crippen LogP contribution in [0.5, 0.6) is 0 Å². The Hall–Kier alpha value is 0.800. The number of hydrogen-bond donors (Lipinski definition) is 0. The Balaban J connectivity index is 0. The largest absolute Gasteiger partial charge is 0.246 e. The predicted molar refractivity (Wildman–Crippen MR) is 33.0 cm³/mol. The third-order valence-corrected chi connectivity index (χ3v) is 0.455. The summed E-state index contributed by atoms with van der Waals surface area (Å²) in [5, 5.41) is 0. The summed E-state index contributed by atoms with van der Waals surface area (Å²) in [5.41, 5.74) is 0. The van der Waals surface area contributed by atoms with Crippen LogP contribution in [0.3, 0.4) is 0 Å². The molecular formula is C3H6Cl3F. The van der Waals surface area contributed by atoms with Gasteiger partial charge in [0, 0.05) is 0 Å². The molecule has 0 aliphatic carbocycles. The minimum absolute atomic E-state index is 0. The highest BCUT2D eigenvalue weighted by atomic mass is 35.6. The molecule has 0 heterocycles. The molecule has 46 valence electrons. The molecule has 0 unspecified atom stereocenters. The monoisotopic (exact) mass is 166 g/mol. The van der Waals surface area contributed by atoms with E-state index in [4.69, 9.17) is 34.8 Å². The van der Waals surface area contributed by atoms with Crippen LogP contribution in [0.4, 0.5) is 4.39 Å². The maximum absolute atomic E-state index is 11.1. The van der Waals surface area contributed by atoms with Gasteiger partial charge in [-0.1, -0.05) is 42.2 Å². The second-order valence-corrected chi connectivity index (χ2v) is 3.26. The second kappa shape index (κ2) is 3.76. The van der Waals surface area contributed by atoms with Crippen LogP contribution in [0.2, 0.25) is 0 Å². The van der Waals surface area contributed by atoms with E-state index in [1.807, 2.05) is 0 Å². The molecule has 0 aliphatic rings. The van der Waals surface area contributed by atoms with E-state index >= 15 is 0 Å². The summed E-state index contributed by atoms with van der Waals surface area (Å²) in [6.45, 7) is -0.933. The van der Waals surface area contributed by atoms with Gasteiger partial charge in [0.05, 0.1) is 0 Å². The highest BCUT2D eigenvalue weighted by molar-refractivity contribution is 6.67. The molecule has 7 heavy (non-hydrogen) atoms. The van der Waals surface area contributed by atoms with E-state index in [1.54, 1.807) is 0 Å². The molecule has 0 aromatic heterocycles. The van der Waals surface area contributed by atoms with Crippen molar-refractivity contribution in [3.05, 3.63) is 0 Å². The molecule has 0 radical (unpaired) electrons. The molecule has 0 spiro atoms. The van der Waals surface area contributed by atoms with Crippen molar-refractivity contribution in [1.29, 1.82) is 0 Å². The Bertz CT molecular complexity index is 39.9. The molecule has 0 aromatic carbocycles. The fourth-order valence-corrected chi connectivity index (χ4v) is 0. The fourth-order valence-electron chi connectivity index (χ4n) is 0. The van der Waals surface area contributed by atoms with Crippen LogP contribution in [0.1, 0.15) is 7.43 Å². The summed E-state index contributed by atoms with van der Waals surface area (Å²) in [5.74, 6) is 0. The molecule has 0 saturated heterocycles. The molecule has 0 N–H and O–H groups in total. The molecule has 4 heteroatoms. The zero-order chi connectivity index (χ0) is 5.21. The lowest BCUT2D eigenvalue weighted by Gasteiger charge is -1.99. The molecule has 0 bridgehead atoms. The number of alkyl halides is 4. The predicted octanol–water partition coefficient (Wildman–Crippen LogP) is 2.96. The van der Waals surface area contributed by atoms with Gasteiger partial charge in [0.2, 0.25) is 3.79 Å². The molecule has 0 rings (SSSR count). The van der Waals surface area contributed by atoms with Gasteiger partial charge in [0.15, 0.2) is 0 Å². The smallest absolute Gasteiger partial charge is 0.218 e. The van der Waals surface area contributed by atoms with Crippen molar-refractivity contribution < 1.29 is 4.39 Å². The van der Waals surface area contributed by atoms with E-state index in [0.717, 1.165) is 0 Å². The summed E-state index contributed by atoms with van der Waals surface area (Å²) >= 11 is 14.6. The van der Waals surface area contributed by atoms with Crippen LogP contribution in [0.25, 0.3) is 0 Å². The minimum Gasteiger partial charge on any atom is -0.246 e. The Morgan fingerprint density at radius 3 is 1.43 bits per heavy atom. The lowest BCUT2D eigenvalue weighted by atomic mass is 10.9. The van der Waals surface area contributed by atoms with E-state index < -0.39 is 10.5 Å². The van der Waals surface area contributed by atoms with Crippen molar-refractivity contribution in [2.45, 2.75) is 11.2 Å². The first-order chi connectivity index (χ1) is 2.56. The standard InChI is InChI=1S/C2H2Cl3F.CH4/c3-2(4,5)1-6;/h1H2;1H4. The SMILES string of the molecule is C.FCC(Cl)(Cl)Cl. The maximum atomic E-state index is 11.1. The Morgan fingerprint density at radius 1 is 1.29 bits per heavy atom. The quantitative estimate of drug-likeness (QED) is 0.487. The van der Waals surface area contributed by atoms with Gasteiger partial charge >= 0.3 is 0 Å². The van der Waals surface area contributed by atoms with Gasteiger partial charge in [-0.3, -0.25) is 0 Å². The van der Waals surface area contributed by atoms with Crippen LogP contribution in [-0.2, 0) is 0 Å². The number of halogens is 4. The van der Waals surface area contributed by atoms with E-state index in [0.29, 0.717) is 0 Å². The van der Waals surface area contributed by atoms with Crippen LogP contribution in [0, 0.1) is 0 Å². The van der Waals surface area contributed by atoms with E-state index in [1.165, 1.54) is 0 Å². The van der Waals surface area contributed by atoms with Gasteiger partial charge < -0.3 is 0 Å². The van der Waals surface area contributed by atoms with Crippen LogP contribution < -0.4 is 0 Å². The normalized spacial score (nSPS) is 10.3. The Morgan fingerprint density at radius 2 is 1.43 bits per heavy atom. The first-order valence-electron chi connectivity index (χ1n) is 1.19. The zero-order valence-corrected chi connectivity index (χ0v) is 4.99. The van der Waals surface area contributed by atoms with Gasteiger partial charge in [-0.15, -0.1) is 0 Å². The van der Waals surface area contributed by atoms with Gasteiger partial charge in [0.1, 0.15) is 6.67 Å². The van der Waals surface area contributed by atoms with Crippen molar-refractivity contribution in [3.8, 4) is 0 Å². The van der Waals surface area contributed by atoms with Crippen molar-refractivity contribution >= 4 is 34.8 Å². The summed E-state index contributed by atoms with van der Waals surface area (Å²) in [6.07, 6.45) is 0. The molecular weight excluding hydrogens is 161 g/mol. The summed E-state index contributed by atoms with van der Waals surface area (Å²) in [7, 11) is 0. The van der Waals surface area contributed by atoms with Gasteiger partial charge in [0.25, 0.3) is 0 Å². The van der Waals surface area contributed by atoms with Crippen LogP contribution in [-0.4, -0.2) is 10.5 Å². The van der Waals surface area contributed by atoms with E-state index in [-0.39, 0.29) is 7.43 Å². The van der Waals surface area contributed by atoms with Gasteiger partial charge in [-0.25, -0.2) is 4.39 Å². The van der Waals surface area contributed by atoms with Crippen molar-refractivity contribution in [1.82, 2.24) is 0 Å². The third kappa shape index (κ3) is 10.8. The van der Waals surface area contributed by atoms with Crippen molar-refractivity contribution in [3.63, 3.8) is 0 Å². The molecule has 0 aromatic rings. The molecule has 0 aliphatic heterocycles. The lowest BCUT2D eigenvalue weighted by Crippen LogP contribution is -2.02. The number of hydrogen-bond acceptors (Lipinski definition) is 0. The average molecular weight is 167 g/mol. The number of rotatable bonds is 0. The van der Waals surface area contributed by atoms with Gasteiger partial charge in [-0.2, -0.15) is 0 Å². The van der Waals surface area contributed by atoms with E-state index in [9.17, 15) is 4.39 Å². The van der Waals surface area contributed by atoms with E-state index in [2.05, 4.69) is 0 Å². The molecule has 0 atom stereocenters. The first-order valence-corrected chi connectivity index (χ1v) is 2.32. The van der Waals surface area contributed by atoms with Crippen LogP contribution >= 0.6 is 34.8 Å². The van der Waals surface area contributed by atoms with Crippen LogP contribution in [0.15, 0.2) is 0 Å². The summed E-state index contributed by atoms with van der Waals surface area (Å²) in [6, 6.07) is 0. The van der Waals surface area contributed by atoms with Crippen molar-refractivity contribution in [2.24, 2.45) is 0 Å². The second-order valence-electron chi connectivity index (χ2n) is 0.749. The third-order valence-electron chi connectivity index (χ3n) is 0.152. The Labute approximate surface area is 57.6 Å². The van der Waals surface area contributed by atoms with Gasteiger partial charge in [-0.05, 0) is 0 Å². The highest BCUT2D eigenvalue weighted by Gasteiger charge is 2.17. The zero-order valence-electron chi connectivity index (χ0n) is 2.72. The molecule has 0 nitrogen and oxygen atoms in total. The topological polar surface area (TPSA) is 0 Å². The first kappa shape index (κ1) is 10.7. The summed E-state index contributed by atoms with van der Waals surface area (Å²) in [4.78, 5) is 0. The summed E-state index contributed by atoms with van der Waals surface area (Å²) < 4.78 is 9.40. The molecule has 0 saturated carbocycles. The minimum atomic E-state index is -1.71.